The molecule has 1 fully saturated rings. The molecule has 5 heteroatoms. The van der Waals surface area contributed by atoms with E-state index < -0.39 is 5.60 Å². The summed E-state index contributed by atoms with van der Waals surface area (Å²) in [6, 6.07) is 0.220. The lowest BCUT2D eigenvalue weighted by molar-refractivity contribution is 0.0195. The van der Waals surface area contributed by atoms with Gasteiger partial charge in [0.15, 0.2) is 0 Å². The largest absolute Gasteiger partial charge is 0.444 e. The molecule has 0 aromatic heterocycles. The van der Waals surface area contributed by atoms with Crippen molar-refractivity contribution in [2.45, 2.75) is 84.0 Å². The molecule has 1 aliphatic carbocycles. The van der Waals surface area contributed by atoms with Crippen molar-refractivity contribution in [3.8, 4) is 0 Å². The minimum absolute atomic E-state index is 0.220. The maximum atomic E-state index is 11.7. The smallest absolute Gasteiger partial charge is 0.407 e. The molecular formula is C17H34N2O3. The summed E-state index contributed by atoms with van der Waals surface area (Å²) in [6.45, 7) is 10.6. The second kappa shape index (κ2) is 10.1. The van der Waals surface area contributed by atoms with Gasteiger partial charge in [0.25, 0.3) is 0 Å². The molecule has 0 aliphatic heterocycles. The summed E-state index contributed by atoms with van der Waals surface area (Å²) in [4.78, 5) is 11.7. The third kappa shape index (κ3) is 9.26. The van der Waals surface area contributed by atoms with Crippen molar-refractivity contribution in [1.82, 2.24) is 10.6 Å². The van der Waals surface area contributed by atoms with E-state index in [-0.39, 0.29) is 12.1 Å². The number of hydrogen-bond donors (Lipinski definition) is 2. The molecule has 130 valence electrons. The van der Waals surface area contributed by atoms with E-state index in [0.29, 0.717) is 6.10 Å². The van der Waals surface area contributed by atoms with Gasteiger partial charge in [-0.05, 0) is 59.4 Å². The van der Waals surface area contributed by atoms with E-state index in [0.717, 1.165) is 45.4 Å². The molecule has 0 aromatic carbocycles. The van der Waals surface area contributed by atoms with Crippen molar-refractivity contribution in [3.05, 3.63) is 0 Å². The number of amides is 1. The molecule has 2 N–H and O–H groups in total. The number of nitrogens with one attached hydrogen (secondary N) is 2. The highest BCUT2D eigenvalue weighted by atomic mass is 16.6. The van der Waals surface area contributed by atoms with Crippen LogP contribution in [0.15, 0.2) is 0 Å². The molecule has 5 nitrogen and oxygen atoms in total. The van der Waals surface area contributed by atoms with Crippen LogP contribution in [-0.4, -0.2) is 43.5 Å². The molecule has 1 amide bonds. The lowest BCUT2D eigenvalue weighted by Crippen LogP contribution is -2.42. The molecule has 0 heterocycles. The zero-order valence-electron chi connectivity index (χ0n) is 14.7. The van der Waals surface area contributed by atoms with Gasteiger partial charge in [-0.15, -0.1) is 0 Å². The van der Waals surface area contributed by atoms with E-state index in [9.17, 15) is 4.79 Å². The van der Waals surface area contributed by atoms with Crippen LogP contribution in [0.4, 0.5) is 4.79 Å². The number of alkyl carbamates (subject to hydrolysis) is 1. The third-order valence-corrected chi connectivity index (χ3v) is 3.73. The van der Waals surface area contributed by atoms with Crippen LogP contribution < -0.4 is 10.6 Å². The SMILES string of the molecule is CCCCNCCOC1CCC(NC(=O)OC(C)(C)C)CC1. The van der Waals surface area contributed by atoms with Gasteiger partial charge in [0.1, 0.15) is 5.60 Å². The van der Waals surface area contributed by atoms with Crippen LogP contribution in [0.25, 0.3) is 0 Å². The van der Waals surface area contributed by atoms with Crippen LogP contribution in [0.5, 0.6) is 0 Å². The molecule has 22 heavy (non-hydrogen) atoms. The van der Waals surface area contributed by atoms with Gasteiger partial charge in [-0.3, -0.25) is 0 Å². The van der Waals surface area contributed by atoms with Gasteiger partial charge in [-0.25, -0.2) is 4.79 Å². The van der Waals surface area contributed by atoms with Gasteiger partial charge >= 0.3 is 6.09 Å². The van der Waals surface area contributed by atoms with Gasteiger partial charge in [0.2, 0.25) is 0 Å². The molecule has 0 unspecified atom stereocenters. The van der Waals surface area contributed by atoms with E-state index in [1.807, 2.05) is 20.8 Å². The highest BCUT2D eigenvalue weighted by Crippen LogP contribution is 2.21. The summed E-state index contributed by atoms with van der Waals surface area (Å²) in [5.74, 6) is 0. The Morgan fingerprint density at radius 1 is 1.14 bits per heavy atom. The predicted molar refractivity (Wildman–Crippen MR) is 89.1 cm³/mol. The van der Waals surface area contributed by atoms with Crippen molar-refractivity contribution in [2.75, 3.05) is 19.7 Å². The highest BCUT2D eigenvalue weighted by molar-refractivity contribution is 5.68. The van der Waals surface area contributed by atoms with E-state index in [4.69, 9.17) is 9.47 Å². The topological polar surface area (TPSA) is 59.6 Å². The Morgan fingerprint density at radius 2 is 1.82 bits per heavy atom. The first-order chi connectivity index (χ1) is 10.4. The molecular weight excluding hydrogens is 280 g/mol. The molecule has 0 atom stereocenters. The van der Waals surface area contributed by atoms with Crippen molar-refractivity contribution < 1.29 is 14.3 Å². The minimum Gasteiger partial charge on any atom is -0.444 e. The van der Waals surface area contributed by atoms with Gasteiger partial charge in [0, 0.05) is 12.6 Å². The van der Waals surface area contributed by atoms with E-state index in [1.165, 1.54) is 12.8 Å². The monoisotopic (exact) mass is 314 g/mol. The Labute approximate surface area is 135 Å². The van der Waals surface area contributed by atoms with E-state index in [2.05, 4.69) is 17.6 Å². The summed E-state index contributed by atoms with van der Waals surface area (Å²) < 4.78 is 11.2. The van der Waals surface area contributed by atoms with Gasteiger partial charge in [-0.1, -0.05) is 13.3 Å². The zero-order valence-corrected chi connectivity index (χ0v) is 14.7. The summed E-state index contributed by atoms with van der Waals surface area (Å²) in [6.07, 6.45) is 6.43. The van der Waals surface area contributed by atoms with Crippen molar-refractivity contribution >= 4 is 6.09 Å². The van der Waals surface area contributed by atoms with Crippen LogP contribution in [0.1, 0.15) is 66.2 Å². The fraction of sp³-hybridized carbons (Fsp3) is 0.941. The Bertz CT molecular complexity index is 308. The average Bonchev–Trinajstić information content (AvgIpc) is 2.42. The van der Waals surface area contributed by atoms with Crippen molar-refractivity contribution in [2.24, 2.45) is 0 Å². The Balaban J connectivity index is 2.07. The quantitative estimate of drug-likeness (QED) is 0.675. The zero-order chi connectivity index (χ0) is 16.4. The van der Waals surface area contributed by atoms with Gasteiger partial charge in [-0.2, -0.15) is 0 Å². The first-order valence-corrected chi connectivity index (χ1v) is 8.72. The standard InChI is InChI=1S/C17H34N2O3/c1-5-6-11-18-12-13-21-15-9-7-14(8-10-15)19-16(20)22-17(2,3)4/h14-15,18H,5-13H2,1-4H3,(H,19,20). The molecule has 1 saturated carbocycles. The normalized spacial score (nSPS) is 22.4. The molecule has 0 radical (unpaired) electrons. The lowest BCUT2D eigenvalue weighted by atomic mass is 9.93. The number of ether oxygens (including phenoxy) is 2. The highest BCUT2D eigenvalue weighted by Gasteiger charge is 2.24. The van der Waals surface area contributed by atoms with Crippen LogP contribution in [0, 0.1) is 0 Å². The summed E-state index contributed by atoms with van der Waals surface area (Å²) in [5.41, 5.74) is -0.435. The Morgan fingerprint density at radius 3 is 2.41 bits per heavy atom. The molecule has 0 bridgehead atoms. The van der Waals surface area contributed by atoms with Crippen molar-refractivity contribution in [1.29, 1.82) is 0 Å². The van der Waals surface area contributed by atoms with Crippen LogP contribution in [0.2, 0.25) is 0 Å². The second-order valence-electron chi connectivity index (χ2n) is 7.09. The van der Waals surface area contributed by atoms with Gasteiger partial charge < -0.3 is 20.1 Å². The molecule has 0 spiro atoms. The summed E-state index contributed by atoms with van der Waals surface area (Å²) >= 11 is 0. The Hall–Kier alpha value is -0.810. The number of unbranched alkanes of at least 4 members (excludes halogenated alkanes) is 1. The predicted octanol–water partition coefficient (Wildman–Crippen LogP) is 3.23. The first kappa shape index (κ1) is 19.2. The van der Waals surface area contributed by atoms with Gasteiger partial charge in [0.05, 0.1) is 12.7 Å². The fourth-order valence-corrected chi connectivity index (χ4v) is 2.57. The molecule has 0 aromatic rings. The number of rotatable bonds is 8. The van der Waals surface area contributed by atoms with Crippen LogP contribution >= 0.6 is 0 Å². The molecule has 1 rings (SSSR count). The van der Waals surface area contributed by atoms with E-state index >= 15 is 0 Å². The minimum atomic E-state index is -0.435. The number of carbonyl (C=O) groups is 1. The Kier molecular flexibility index (Phi) is 8.79. The van der Waals surface area contributed by atoms with Crippen LogP contribution in [0.3, 0.4) is 0 Å². The average molecular weight is 314 g/mol. The van der Waals surface area contributed by atoms with E-state index in [1.54, 1.807) is 0 Å². The van der Waals surface area contributed by atoms with Crippen LogP contribution in [-0.2, 0) is 9.47 Å². The summed E-state index contributed by atoms with van der Waals surface area (Å²) in [5, 5.41) is 6.34. The maximum Gasteiger partial charge on any atom is 0.407 e. The number of carbonyl (C=O) groups excluding carboxylic acids is 1. The molecule has 0 saturated heterocycles. The fourth-order valence-electron chi connectivity index (χ4n) is 2.57. The van der Waals surface area contributed by atoms with Crippen molar-refractivity contribution in [3.63, 3.8) is 0 Å². The maximum absolute atomic E-state index is 11.7. The third-order valence-electron chi connectivity index (χ3n) is 3.73. The lowest BCUT2D eigenvalue weighted by Gasteiger charge is -2.30. The number of hydrogen-bond acceptors (Lipinski definition) is 4. The first-order valence-electron chi connectivity index (χ1n) is 8.72. The summed E-state index contributed by atoms with van der Waals surface area (Å²) in [7, 11) is 0. The molecule has 1 aliphatic rings. The second-order valence-corrected chi connectivity index (χ2v) is 7.09.